The summed E-state index contributed by atoms with van der Waals surface area (Å²) in [5.41, 5.74) is -2.30. The van der Waals surface area contributed by atoms with Crippen molar-refractivity contribution >= 4 is 23.3 Å². The third kappa shape index (κ3) is 5.88. The van der Waals surface area contributed by atoms with E-state index < -0.39 is 46.9 Å². The van der Waals surface area contributed by atoms with Gasteiger partial charge in [0, 0.05) is 30.9 Å². The molecule has 12 heteroatoms. The summed E-state index contributed by atoms with van der Waals surface area (Å²) in [5.74, 6) is -5.48. The van der Waals surface area contributed by atoms with Crippen LogP contribution in [0, 0.1) is 5.82 Å². The van der Waals surface area contributed by atoms with Gasteiger partial charge in [0.25, 0.3) is 11.8 Å². The molecular formula is C29H34F3N5O4. The fourth-order valence-electron chi connectivity index (χ4n) is 5.23. The summed E-state index contributed by atoms with van der Waals surface area (Å²) >= 11 is 0. The van der Waals surface area contributed by atoms with Gasteiger partial charge in [-0.2, -0.15) is 0 Å². The summed E-state index contributed by atoms with van der Waals surface area (Å²) in [6, 6.07) is 3.83. The Balaban J connectivity index is 1.50. The number of carbonyl (C=O) groups excluding carboxylic acids is 2. The molecule has 1 saturated heterocycles. The van der Waals surface area contributed by atoms with Crippen LogP contribution in [-0.4, -0.2) is 54.4 Å². The lowest BCUT2D eigenvalue weighted by molar-refractivity contribution is 0.00904. The molecule has 1 aliphatic heterocycles. The number of fused-ring (bicyclic) bond motifs is 1. The van der Waals surface area contributed by atoms with Crippen LogP contribution in [-0.2, 0) is 10.3 Å². The first kappa shape index (κ1) is 28.8. The molecule has 3 aromatic rings. The van der Waals surface area contributed by atoms with Gasteiger partial charge in [0.2, 0.25) is 0 Å². The molecule has 1 aliphatic carbocycles. The first-order valence-electron chi connectivity index (χ1n) is 13.6. The van der Waals surface area contributed by atoms with Crippen molar-refractivity contribution in [3.05, 3.63) is 59.1 Å². The van der Waals surface area contributed by atoms with Gasteiger partial charge >= 0.3 is 6.09 Å². The van der Waals surface area contributed by atoms with Crippen molar-refractivity contribution in [3.63, 3.8) is 0 Å². The zero-order chi connectivity index (χ0) is 29.9. The Hall–Kier alpha value is -3.67. The molecule has 0 aromatic carbocycles. The molecule has 5 rings (SSSR count). The fourth-order valence-corrected chi connectivity index (χ4v) is 5.23. The highest BCUT2D eigenvalue weighted by molar-refractivity contribution is 6.03. The van der Waals surface area contributed by atoms with Crippen LogP contribution in [0.5, 0.6) is 0 Å². The van der Waals surface area contributed by atoms with E-state index in [2.05, 4.69) is 15.3 Å². The van der Waals surface area contributed by atoms with E-state index in [4.69, 9.17) is 4.74 Å². The van der Waals surface area contributed by atoms with Gasteiger partial charge in [-0.1, -0.05) is 6.07 Å². The van der Waals surface area contributed by atoms with Gasteiger partial charge in [-0.25, -0.2) is 27.9 Å². The number of aliphatic hydroxyl groups is 1. The van der Waals surface area contributed by atoms with E-state index in [1.807, 2.05) is 0 Å². The Bertz CT molecular complexity index is 1510. The number of likely N-dealkylation sites (tertiary alicyclic amines) is 1. The van der Waals surface area contributed by atoms with Crippen LogP contribution >= 0.6 is 0 Å². The lowest BCUT2D eigenvalue weighted by atomic mass is 9.97. The predicted octanol–water partition coefficient (Wildman–Crippen LogP) is 5.93. The monoisotopic (exact) mass is 573 g/mol. The molecule has 2 amide bonds. The number of piperidine rings is 1. The number of aromatic nitrogens is 3. The summed E-state index contributed by atoms with van der Waals surface area (Å²) in [7, 11) is 0. The maximum Gasteiger partial charge on any atom is 0.410 e. The quantitative estimate of drug-likeness (QED) is 0.392. The Morgan fingerprint density at radius 2 is 1.80 bits per heavy atom. The van der Waals surface area contributed by atoms with Crippen LogP contribution < -0.4 is 5.32 Å². The zero-order valence-electron chi connectivity index (χ0n) is 23.7. The molecular weight excluding hydrogens is 539 g/mol. The van der Waals surface area contributed by atoms with Crippen molar-refractivity contribution in [1.82, 2.24) is 19.3 Å². The second-order valence-corrected chi connectivity index (χ2v) is 12.3. The van der Waals surface area contributed by atoms with E-state index in [1.54, 1.807) is 31.9 Å². The Morgan fingerprint density at radius 1 is 1.10 bits per heavy atom. The second kappa shape index (κ2) is 10.0. The van der Waals surface area contributed by atoms with E-state index >= 15 is 4.39 Å². The number of amides is 2. The zero-order valence-corrected chi connectivity index (χ0v) is 23.7. The predicted molar refractivity (Wildman–Crippen MR) is 144 cm³/mol. The molecule has 4 heterocycles. The van der Waals surface area contributed by atoms with Crippen LogP contribution in [0.25, 0.3) is 5.65 Å². The minimum Gasteiger partial charge on any atom is -0.444 e. The highest BCUT2D eigenvalue weighted by Crippen LogP contribution is 2.55. The van der Waals surface area contributed by atoms with Crippen LogP contribution in [0.3, 0.4) is 0 Å². The number of ether oxygens (including phenoxy) is 1. The molecule has 0 spiro atoms. The van der Waals surface area contributed by atoms with Gasteiger partial charge in [-0.3, -0.25) is 9.69 Å². The Labute approximate surface area is 235 Å². The maximum atomic E-state index is 16.0. The van der Waals surface area contributed by atoms with Crippen molar-refractivity contribution in [3.8, 4) is 0 Å². The molecule has 0 radical (unpaired) electrons. The normalized spacial score (nSPS) is 20.7. The average Bonchev–Trinajstić information content (AvgIpc) is 3.30. The molecule has 2 atom stereocenters. The molecule has 9 nitrogen and oxygen atoms in total. The maximum absolute atomic E-state index is 16.0. The number of anilines is 1. The molecule has 2 unspecified atom stereocenters. The largest absolute Gasteiger partial charge is 0.444 e. The first-order chi connectivity index (χ1) is 19.0. The summed E-state index contributed by atoms with van der Waals surface area (Å²) in [5, 5.41) is 13.5. The van der Waals surface area contributed by atoms with Gasteiger partial charge in [0.05, 0.1) is 34.6 Å². The van der Waals surface area contributed by atoms with Crippen LogP contribution in [0.4, 0.5) is 23.7 Å². The highest BCUT2D eigenvalue weighted by Gasteiger charge is 2.58. The van der Waals surface area contributed by atoms with Gasteiger partial charge < -0.3 is 19.6 Å². The van der Waals surface area contributed by atoms with Crippen LogP contribution in [0.2, 0.25) is 0 Å². The molecule has 2 aliphatic rings. The van der Waals surface area contributed by atoms with E-state index in [0.29, 0.717) is 18.7 Å². The topological polar surface area (TPSA) is 109 Å². The molecule has 220 valence electrons. The number of rotatable bonds is 5. The molecule has 1 saturated carbocycles. The minimum absolute atomic E-state index is 0.0342. The van der Waals surface area contributed by atoms with Crippen LogP contribution in [0.15, 0.2) is 30.6 Å². The third-order valence-corrected chi connectivity index (χ3v) is 7.22. The number of halogens is 3. The lowest BCUT2D eigenvalue weighted by Crippen LogP contribution is -2.42. The van der Waals surface area contributed by atoms with E-state index in [1.165, 1.54) is 42.6 Å². The number of hydrogen-bond acceptors (Lipinski definition) is 6. The average molecular weight is 574 g/mol. The molecule has 2 fully saturated rings. The molecule has 2 N–H and O–H groups in total. The van der Waals surface area contributed by atoms with Gasteiger partial charge in [0.15, 0.2) is 11.5 Å². The van der Waals surface area contributed by atoms with E-state index in [9.17, 15) is 23.5 Å². The summed E-state index contributed by atoms with van der Waals surface area (Å²) in [4.78, 5) is 36.3. The number of hydrogen-bond donors (Lipinski definition) is 2. The highest BCUT2D eigenvalue weighted by atomic mass is 19.3. The number of alkyl halides is 2. The molecule has 0 bridgehead atoms. The van der Waals surface area contributed by atoms with Gasteiger partial charge in [-0.05, 0) is 66.0 Å². The van der Waals surface area contributed by atoms with Gasteiger partial charge in [0.1, 0.15) is 11.3 Å². The van der Waals surface area contributed by atoms with E-state index in [0.717, 1.165) is 12.8 Å². The van der Waals surface area contributed by atoms with Crippen molar-refractivity contribution in [2.45, 2.75) is 89.4 Å². The number of nitrogens with one attached hydrogen (secondary N) is 1. The summed E-state index contributed by atoms with van der Waals surface area (Å²) < 4.78 is 50.1. The number of nitrogens with zero attached hydrogens (tertiary/aromatic N) is 4. The number of pyridine rings is 2. The van der Waals surface area contributed by atoms with Crippen molar-refractivity contribution in [2.24, 2.45) is 0 Å². The smallest absolute Gasteiger partial charge is 0.410 e. The standard InChI is InChI=1S/C29H34F3N5O4/c1-27(2,3)41-26(39)37-12-7-6-11-21(37)19-14-36-15-20(22(28(4,5)40)23(30)24(36)34-19)35-25(38)18-10-8-9-17(33-18)16-13-29(16,31)32/h8-10,14-16,21,40H,6-7,11-13H2,1-5H3,(H,35,38). The lowest BCUT2D eigenvalue weighted by Gasteiger charge is -2.35. The Morgan fingerprint density at radius 3 is 2.44 bits per heavy atom. The van der Waals surface area contributed by atoms with Crippen molar-refractivity contribution in [1.29, 1.82) is 0 Å². The van der Waals surface area contributed by atoms with Gasteiger partial charge in [-0.15, -0.1) is 0 Å². The van der Waals surface area contributed by atoms with Crippen LogP contribution in [0.1, 0.15) is 99.7 Å². The first-order valence-corrected chi connectivity index (χ1v) is 13.6. The Kier molecular flexibility index (Phi) is 7.04. The van der Waals surface area contributed by atoms with Crippen molar-refractivity contribution < 1.29 is 32.6 Å². The molecule has 3 aromatic heterocycles. The van der Waals surface area contributed by atoms with Crippen molar-refractivity contribution in [2.75, 3.05) is 11.9 Å². The fraction of sp³-hybridized carbons (Fsp3) is 0.517. The second-order valence-electron chi connectivity index (χ2n) is 12.3. The number of imidazole rings is 1. The minimum atomic E-state index is -2.85. The number of carbonyl (C=O) groups is 2. The van der Waals surface area contributed by atoms with E-state index in [-0.39, 0.29) is 34.7 Å². The third-order valence-electron chi connectivity index (χ3n) is 7.22. The summed E-state index contributed by atoms with van der Waals surface area (Å²) in [6.45, 7) is 8.56. The SMILES string of the molecule is CC(C)(C)OC(=O)N1CCCCC1c1cn2cc(NC(=O)c3cccc(C4CC4(F)F)n3)c(C(C)(C)O)c(F)c2n1. The molecule has 41 heavy (non-hydrogen) atoms. The summed E-state index contributed by atoms with van der Waals surface area (Å²) in [6.07, 6.45) is 4.45.